The largest absolute Gasteiger partial charge is 0.491 e. The third kappa shape index (κ3) is 2.74. The van der Waals surface area contributed by atoms with Crippen LogP contribution < -0.4 is 4.74 Å². The van der Waals surface area contributed by atoms with Gasteiger partial charge in [-0.05, 0) is 52.0 Å². The molecule has 0 atom stereocenters. The third-order valence-corrected chi connectivity index (χ3v) is 3.22. The molecule has 106 valence electrons. The minimum absolute atomic E-state index is 0.00389. The Hall–Kier alpha value is -2.10. The van der Waals surface area contributed by atoms with Crippen LogP contribution in [0.4, 0.5) is 0 Å². The van der Waals surface area contributed by atoms with E-state index in [0.29, 0.717) is 11.1 Å². The number of hydrogen-bond acceptors (Lipinski definition) is 3. The van der Waals surface area contributed by atoms with Gasteiger partial charge in [0.25, 0.3) is 0 Å². The van der Waals surface area contributed by atoms with E-state index in [0.717, 1.165) is 17.1 Å². The predicted molar refractivity (Wildman–Crippen MR) is 78.3 cm³/mol. The summed E-state index contributed by atoms with van der Waals surface area (Å²) in [7, 11) is 1.85. The molecule has 2 rings (SSSR count). The summed E-state index contributed by atoms with van der Waals surface area (Å²) in [6, 6.07) is 7.25. The molecule has 4 heteroatoms. The van der Waals surface area contributed by atoms with E-state index in [1.54, 1.807) is 16.8 Å². The molecule has 0 fully saturated rings. The van der Waals surface area contributed by atoms with E-state index in [-0.39, 0.29) is 11.9 Å². The van der Waals surface area contributed by atoms with Crippen molar-refractivity contribution >= 4 is 5.78 Å². The summed E-state index contributed by atoms with van der Waals surface area (Å²) < 4.78 is 7.31. The normalized spacial score (nSPS) is 10.9. The number of aryl methyl sites for hydroxylation is 2. The number of aromatic nitrogens is 2. The Morgan fingerprint density at radius 1 is 1.20 bits per heavy atom. The first-order valence-corrected chi connectivity index (χ1v) is 6.71. The van der Waals surface area contributed by atoms with Gasteiger partial charge in [0.15, 0.2) is 5.78 Å². The first kappa shape index (κ1) is 14.3. The van der Waals surface area contributed by atoms with Crippen molar-refractivity contribution in [2.75, 3.05) is 0 Å². The van der Waals surface area contributed by atoms with Crippen molar-refractivity contribution in [3.8, 4) is 5.75 Å². The number of hydrogen-bond donors (Lipinski definition) is 0. The predicted octanol–water partition coefficient (Wildman–Crippen LogP) is 3.06. The van der Waals surface area contributed by atoms with E-state index in [1.807, 2.05) is 46.9 Å². The molecule has 2 aromatic rings. The quantitative estimate of drug-likeness (QED) is 0.803. The molecule has 0 aliphatic heterocycles. The van der Waals surface area contributed by atoms with Crippen molar-refractivity contribution in [2.24, 2.45) is 7.05 Å². The Balaban J connectivity index is 2.29. The molecule has 1 aromatic carbocycles. The molecule has 0 spiro atoms. The maximum atomic E-state index is 12.5. The lowest BCUT2D eigenvalue weighted by molar-refractivity contribution is 0.103. The SMILES string of the molecule is Cc1nn(C)c(C)c1C(=O)c1ccc(OC(C)C)cc1. The fourth-order valence-corrected chi connectivity index (χ4v) is 2.20. The molecule has 0 saturated heterocycles. The van der Waals surface area contributed by atoms with Gasteiger partial charge in [-0.3, -0.25) is 9.48 Å². The summed E-state index contributed by atoms with van der Waals surface area (Å²) in [5.74, 6) is 0.778. The van der Waals surface area contributed by atoms with E-state index in [1.165, 1.54) is 0 Å². The average molecular weight is 272 g/mol. The zero-order valence-electron chi connectivity index (χ0n) is 12.6. The first-order chi connectivity index (χ1) is 9.40. The highest BCUT2D eigenvalue weighted by Crippen LogP contribution is 2.20. The Bertz CT molecular complexity index is 625. The number of rotatable bonds is 4. The van der Waals surface area contributed by atoms with Crippen LogP contribution in [0.1, 0.15) is 41.2 Å². The second-order valence-corrected chi connectivity index (χ2v) is 5.19. The molecule has 20 heavy (non-hydrogen) atoms. The Kier molecular flexibility index (Phi) is 3.93. The standard InChI is InChI=1S/C16H20N2O2/c1-10(2)20-14-8-6-13(7-9-14)16(19)15-11(3)17-18(5)12(15)4/h6-10H,1-5H3. The molecule has 0 saturated carbocycles. The Labute approximate surface area is 119 Å². The van der Waals surface area contributed by atoms with Crippen LogP contribution in [0.25, 0.3) is 0 Å². The van der Waals surface area contributed by atoms with Crippen LogP contribution in [0.2, 0.25) is 0 Å². The Morgan fingerprint density at radius 3 is 2.25 bits per heavy atom. The molecule has 0 aliphatic carbocycles. The van der Waals surface area contributed by atoms with Crippen LogP contribution in [-0.2, 0) is 7.05 Å². The summed E-state index contributed by atoms with van der Waals surface area (Å²) >= 11 is 0. The first-order valence-electron chi connectivity index (χ1n) is 6.71. The number of ketones is 1. The van der Waals surface area contributed by atoms with E-state index < -0.39 is 0 Å². The van der Waals surface area contributed by atoms with Crippen LogP contribution in [0.15, 0.2) is 24.3 Å². The summed E-state index contributed by atoms with van der Waals surface area (Å²) in [5, 5.41) is 4.29. The van der Waals surface area contributed by atoms with Crippen LogP contribution in [-0.4, -0.2) is 21.7 Å². The summed E-state index contributed by atoms with van der Waals surface area (Å²) in [4.78, 5) is 12.5. The maximum absolute atomic E-state index is 12.5. The van der Waals surface area contributed by atoms with Crippen molar-refractivity contribution in [1.82, 2.24) is 9.78 Å². The van der Waals surface area contributed by atoms with Crippen molar-refractivity contribution in [3.63, 3.8) is 0 Å². The van der Waals surface area contributed by atoms with Gasteiger partial charge in [0.05, 0.1) is 17.4 Å². The summed E-state index contributed by atoms with van der Waals surface area (Å²) in [6.07, 6.45) is 0.124. The highest BCUT2D eigenvalue weighted by atomic mass is 16.5. The van der Waals surface area contributed by atoms with Crippen molar-refractivity contribution in [3.05, 3.63) is 46.8 Å². The molecule has 1 aromatic heterocycles. The topological polar surface area (TPSA) is 44.1 Å². The number of nitrogens with zero attached hydrogens (tertiary/aromatic N) is 2. The summed E-state index contributed by atoms with van der Waals surface area (Å²) in [5.41, 5.74) is 2.98. The van der Waals surface area contributed by atoms with E-state index in [9.17, 15) is 4.79 Å². The van der Waals surface area contributed by atoms with Gasteiger partial charge in [-0.2, -0.15) is 5.10 Å². The van der Waals surface area contributed by atoms with Gasteiger partial charge in [-0.1, -0.05) is 0 Å². The molecule has 0 radical (unpaired) electrons. The molecular formula is C16H20N2O2. The maximum Gasteiger partial charge on any atom is 0.196 e. The van der Waals surface area contributed by atoms with Crippen molar-refractivity contribution < 1.29 is 9.53 Å². The van der Waals surface area contributed by atoms with Crippen LogP contribution in [0, 0.1) is 13.8 Å². The molecule has 0 aliphatic rings. The van der Waals surface area contributed by atoms with Gasteiger partial charge in [0, 0.05) is 18.3 Å². The second-order valence-electron chi connectivity index (χ2n) is 5.19. The lowest BCUT2D eigenvalue weighted by atomic mass is 10.0. The lowest BCUT2D eigenvalue weighted by Crippen LogP contribution is -2.07. The molecule has 0 bridgehead atoms. The van der Waals surface area contributed by atoms with Crippen molar-refractivity contribution in [2.45, 2.75) is 33.8 Å². The smallest absolute Gasteiger partial charge is 0.196 e. The minimum Gasteiger partial charge on any atom is -0.491 e. The number of ether oxygens (including phenoxy) is 1. The van der Waals surface area contributed by atoms with Gasteiger partial charge in [-0.25, -0.2) is 0 Å². The molecule has 4 nitrogen and oxygen atoms in total. The van der Waals surface area contributed by atoms with Gasteiger partial charge in [0.2, 0.25) is 0 Å². The van der Waals surface area contributed by atoms with E-state index >= 15 is 0 Å². The molecule has 0 N–H and O–H groups in total. The van der Waals surface area contributed by atoms with Crippen molar-refractivity contribution in [1.29, 1.82) is 0 Å². The highest BCUT2D eigenvalue weighted by Gasteiger charge is 2.18. The van der Waals surface area contributed by atoms with E-state index in [2.05, 4.69) is 5.10 Å². The fourth-order valence-electron chi connectivity index (χ4n) is 2.20. The zero-order chi connectivity index (χ0) is 14.9. The number of carbonyl (C=O) groups is 1. The summed E-state index contributed by atoms with van der Waals surface area (Å²) in [6.45, 7) is 7.71. The highest BCUT2D eigenvalue weighted by molar-refractivity contribution is 6.10. The third-order valence-electron chi connectivity index (χ3n) is 3.22. The van der Waals surface area contributed by atoms with Crippen LogP contribution in [0.5, 0.6) is 5.75 Å². The number of carbonyl (C=O) groups excluding carboxylic acids is 1. The van der Waals surface area contributed by atoms with E-state index in [4.69, 9.17) is 4.74 Å². The average Bonchev–Trinajstić information content (AvgIpc) is 2.63. The van der Waals surface area contributed by atoms with Crippen LogP contribution in [0.3, 0.4) is 0 Å². The zero-order valence-corrected chi connectivity index (χ0v) is 12.6. The molecular weight excluding hydrogens is 252 g/mol. The van der Waals surface area contributed by atoms with Crippen LogP contribution >= 0.6 is 0 Å². The van der Waals surface area contributed by atoms with Gasteiger partial charge < -0.3 is 4.74 Å². The minimum atomic E-state index is 0.00389. The number of benzene rings is 1. The second kappa shape index (κ2) is 5.49. The molecule has 1 heterocycles. The molecule has 0 unspecified atom stereocenters. The lowest BCUT2D eigenvalue weighted by Gasteiger charge is -2.10. The molecule has 0 amide bonds. The Morgan fingerprint density at radius 2 is 1.80 bits per heavy atom. The van der Waals surface area contributed by atoms with Gasteiger partial charge in [0.1, 0.15) is 5.75 Å². The monoisotopic (exact) mass is 272 g/mol. The fraction of sp³-hybridized carbons (Fsp3) is 0.375. The van der Waals surface area contributed by atoms with Gasteiger partial charge in [-0.15, -0.1) is 0 Å². The van der Waals surface area contributed by atoms with Gasteiger partial charge >= 0.3 is 0 Å².